The van der Waals surface area contributed by atoms with Crippen LogP contribution in [0.5, 0.6) is 5.88 Å². The summed E-state index contributed by atoms with van der Waals surface area (Å²) in [6, 6.07) is 1.68. The first-order chi connectivity index (χ1) is 7.96. The molecule has 4 heteroatoms. The zero-order valence-electron chi connectivity index (χ0n) is 10.4. The average Bonchev–Trinajstić information content (AvgIpc) is 2.25. The third-order valence-corrected chi connectivity index (χ3v) is 3.62. The van der Waals surface area contributed by atoms with Crippen molar-refractivity contribution in [3.05, 3.63) is 17.3 Å². The molecular weight excluding hydrogens is 236 g/mol. The van der Waals surface area contributed by atoms with Crippen LogP contribution >= 0.6 is 11.6 Å². The summed E-state index contributed by atoms with van der Waals surface area (Å²) in [4.78, 5) is 4.13. The first kappa shape index (κ1) is 12.5. The Morgan fingerprint density at radius 1 is 1.41 bits per heavy atom. The lowest BCUT2D eigenvalue weighted by molar-refractivity contribution is 0.0956. The van der Waals surface area contributed by atoms with Gasteiger partial charge in [0.2, 0.25) is 5.88 Å². The zero-order valence-corrected chi connectivity index (χ0v) is 11.1. The van der Waals surface area contributed by atoms with Crippen molar-refractivity contribution in [2.75, 3.05) is 5.73 Å². The number of rotatable bonds is 2. The monoisotopic (exact) mass is 254 g/mol. The molecular formula is C13H19ClN2O. The van der Waals surface area contributed by atoms with Crippen molar-refractivity contribution in [2.45, 2.75) is 45.6 Å². The summed E-state index contributed by atoms with van der Waals surface area (Å²) >= 11 is 5.80. The van der Waals surface area contributed by atoms with E-state index >= 15 is 0 Å². The fraction of sp³-hybridized carbons (Fsp3) is 0.615. The summed E-state index contributed by atoms with van der Waals surface area (Å²) in [5.41, 5.74) is 6.78. The van der Waals surface area contributed by atoms with Crippen molar-refractivity contribution in [3.8, 4) is 5.88 Å². The van der Waals surface area contributed by atoms with Gasteiger partial charge in [-0.2, -0.15) is 0 Å². The van der Waals surface area contributed by atoms with E-state index in [1.165, 1.54) is 12.8 Å². The van der Waals surface area contributed by atoms with E-state index in [2.05, 4.69) is 18.8 Å². The van der Waals surface area contributed by atoms with Crippen LogP contribution < -0.4 is 10.5 Å². The van der Waals surface area contributed by atoms with Crippen LogP contribution in [0.25, 0.3) is 0 Å². The summed E-state index contributed by atoms with van der Waals surface area (Å²) in [5.74, 6) is 0.513. The van der Waals surface area contributed by atoms with Gasteiger partial charge in [-0.15, -0.1) is 0 Å². The van der Waals surface area contributed by atoms with Gasteiger partial charge in [0.15, 0.2) is 0 Å². The summed E-state index contributed by atoms with van der Waals surface area (Å²) in [5, 5.41) is 0.541. The Bertz CT molecular complexity index is 396. The molecule has 1 aliphatic carbocycles. The summed E-state index contributed by atoms with van der Waals surface area (Å²) in [6.07, 6.45) is 6.31. The van der Waals surface area contributed by atoms with Crippen LogP contribution in [0.2, 0.25) is 5.02 Å². The molecule has 0 atom stereocenters. The molecule has 94 valence electrons. The van der Waals surface area contributed by atoms with Gasteiger partial charge in [0.05, 0.1) is 10.7 Å². The molecule has 17 heavy (non-hydrogen) atoms. The van der Waals surface area contributed by atoms with Crippen LogP contribution in [0.4, 0.5) is 5.69 Å². The standard InChI is InChI=1S/C13H19ClN2O/c1-13(2)5-3-10(4-6-13)17-12-11(15)7-9(14)8-16-12/h7-8,10H,3-6,15H2,1-2H3. The quantitative estimate of drug-likeness (QED) is 0.876. The molecule has 0 radical (unpaired) electrons. The maximum absolute atomic E-state index is 5.84. The number of nitrogens with zero attached hydrogens (tertiary/aromatic N) is 1. The van der Waals surface area contributed by atoms with Gasteiger partial charge in [-0.25, -0.2) is 4.98 Å². The lowest BCUT2D eigenvalue weighted by Gasteiger charge is -2.34. The highest BCUT2D eigenvalue weighted by Crippen LogP contribution is 2.37. The summed E-state index contributed by atoms with van der Waals surface area (Å²) < 4.78 is 5.84. The molecule has 3 nitrogen and oxygen atoms in total. The van der Waals surface area contributed by atoms with Crippen LogP contribution in [-0.2, 0) is 0 Å². The SMILES string of the molecule is CC1(C)CCC(Oc2ncc(Cl)cc2N)CC1. The molecule has 1 saturated carbocycles. The Kier molecular flexibility index (Phi) is 3.48. The van der Waals surface area contributed by atoms with Gasteiger partial charge >= 0.3 is 0 Å². The van der Waals surface area contributed by atoms with Gasteiger partial charge < -0.3 is 10.5 Å². The normalized spacial score (nSPS) is 20.2. The Morgan fingerprint density at radius 2 is 2.06 bits per heavy atom. The Labute approximate surface area is 107 Å². The molecule has 0 spiro atoms. The average molecular weight is 255 g/mol. The second-order valence-electron chi connectivity index (χ2n) is 5.53. The minimum atomic E-state index is 0.235. The minimum Gasteiger partial charge on any atom is -0.473 e. The second kappa shape index (κ2) is 4.73. The number of anilines is 1. The number of hydrogen-bond donors (Lipinski definition) is 1. The molecule has 1 aliphatic rings. The van der Waals surface area contributed by atoms with E-state index < -0.39 is 0 Å². The maximum Gasteiger partial charge on any atom is 0.237 e. The lowest BCUT2D eigenvalue weighted by Crippen LogP contribution is -2.28. The van der Waals surface area contributed by atoms with Crippen LogP contribution in [0.1, 0.15) is 39.5 Å². The van der Waals surface area contributed by atoms with Gasteiger partial charge in [-0.1, -0.05) is 25.4 Å². The Morgan fingerprint density at radius 3 is 2.65 bits per heavy atom. The molecule has 0 saturated heterocycles. The van der Waals surface area contributed by atoms with Crippen LogP contribution in [0, 0.1) is 5.41 Å². The predicted octanol–water partition coefficient (Wildman–Crippen LogP) is 3.66. The van der Waals surface area contributed by atoms with Crippen molar-refractivity contribution in [3.63, 3.8) is 0 Å². The summed E-state index contributed by atoms with van der Waals surface area (Å²) in [6.45, 7) is 4.61. The molecule has 0 aromatic carbocycles. The number of nitrogen functional groups attached to an aromatic ring is 1. The number of hydrogen-bond acceptors (Lipinski definition) is 3. The van der Waals surface area contributed by atoms with Crippen LogP contribution in [0.15, 0.2) is 12.3 Å². The number of aromatic nitrogens is 1. The number of ether oxygens (including phenoxy) is 1. The Hall–Kier alpha value is -0.960. The fourth-order valence-corrected chi connectivity index (χ4v) is 2.36. The van der Waals surface area contributed by atoms with Gasteiger partial charge in [0, 0.05) is 6.20 Å². The summed E-state index contributed by atoms with van der Waals surface area (Å²) in [7, 11) is 0. The fourth-order valence-electron chi connectivity index (χ4n) is 2.19. The molecule has 1 aromatic heterocycles. The van der Waals surface area contributed by atoms with E-state index in [4.69, 9.17) is 22.1 Å². The molecule has 0 unspecified atom stereocenters. The first-order valence-corrected chi connectivity index (χ1v) is 6.42. The first-order valence-electron chi connectivity index (χ1n) is 6.04. The smallest absolute Gasteiger partial charge is 0.237 e. The van der Waals surface area contributed by atoms with Gasteiger partial charge in [0.1, 0.15) is 6.10 Å². The second-order valence-corrected chi connectivity index (χ2v) is 5.97. The van der Waals surface area contributed by atoms with Crippen LogP contribution in [0.3, 0.4) is 0 Å². The molecule has 1 fully saturated rings. The van der Waals surface area contributed by atoms with E-state index in [0.29, 0.717) is 22.0 Å². The van der Waals surface area contributed by atoms with E-state index in [1.54, 1.807) is 12.3 Å². The maximum atomic E-state index is 5.84. The van der Waals surface area contributed by atoms with Crippen molar-refractivity contribution < 1.29 is 4.74 Å². The molecule has 0 amide bonds. The lowest BCUT2D eigenvalue weighted by atomic mass is 9.76. The minimum absolute atomic E-state index is 0.235. The highest BCUT2D eigenvalue weighted by molar-refractivity contribution is 6.30. The predicted molar refractivity (Wildman–Crippen MR) is 70.3 cm³/mol. The van der Waals surface area contributed by atoms with E-state index in [-0.39, 0.29) is 6.10 Å². The van der Waals surface area contributed by atoms with Crippen molar-refractivity contribution in [1.29, 1.82) is 0 Å². The third kappa shape index (κ3) is 3.25. The van der Waals surface area contributed by atoms with Gasteiger partial charge in [-0.3, -0.25) is 0 Å². The van der Waals surface area contributed by atoms with E-state index in [0.717, 1.165) is 12.8 Å². The highest BCUT2D eigenvalue weighted by Gasteiger charge is 2.28. The molecule has 2 N–H and O–H groups in total. The van der Waals surface area contributed by atoms with Gasteiger partial charge in [-0.05, 0) is 37.2 Å². The molecule has 0 bridgehead atoms. The van der Waals surface area contributed by atoms with E-state index in [9.17, 15) is 0 Å². The van der Waals surface area contributed by atoms with Crippen LogP contribution in [-0.4, -0.2) is 11.1 Å². The highest BCUT2D eigenvalue weighted by atomic mass is 35.5. The number of nitrogens with two attached hydrogens (primary N) is 1. The molecule has 1 heterocycles. The third-order valence-electron chi connectivity index (χ3n) is 3.41. The number of halogens is 1. The van der Waals surface area contributed by atoms with E-state index in [1.807, 2.05) is 0 Å². The number of pyridine rings is 1. The Balaban J connectivity index is 1.98. The van der Waals surface area contributed by atoms with Crippen molar-refractivity contribution in [1.82, 2.24) is 4.98 Å². The van der Waals surface area contributed by atoms with Crippen molar-refractivity contribution >= 4 is 17.3 Å². The van der Waals surface area contributed by atoms with Crippen molar-refractivity contribution in [2.24, 2.45) is 5.41 Å². The van der Waals surface area contributed by atoms with Gasteiger partial charge in [0.25, 0.3) is 0 Å². The molecule has 0 aliphatic heterocycles. The topological polar surface area (TPSA) is 48.1 Å². The molecule has 1 aromatic rings. The largest absolute Gasteiger partial charge is 0.473 e. The molecule has 2 rings (SSSR count). The zero-order chi connectivity index (χ0) is 12.5.